The van der Waals surface area contributed by atoms with Gasteiger partial charge in [-0.05, 0) is 80.7 Å². The molecule has 4 nitrogen and oxygen atoms in total. The summed E-state index contributed by atoms with van der Waals surface area (Å²) in [5, 5.41) is 2.72. The SMILES string of the molecule is CC.CC#Cc1cc(C)c(C2C(=O)CC(C3CCC(C(=O)NC)C3)CC2=O)c(C)c1. The highest BCUT2D eigenvalue weighted by molar-refractivity contribution is 6.10. The van der Waals surface area contributed by atoms with E-state index in [0.29, 0.717) is 18.8 Å². The first-order valence-electron chi connectivity index (χ1n) is 11.2. The van der Waals surface area contributed by atoms with Crippen molar-refractivity contribution < 1.29 is 14.4 Å². The lowest BCUT2D eigenvalue weighted by Crippen LogP contribution is -2.35. The topological polar surface area (TPSA) is 63.2 Å². The van der Waals surface area contributed by atoms with Gasteiger partial charge in [0, 0.05) is 31.4 Å². The van der Waals surface area contributed by atoms with E-state index >= 15 is 0 Å². The van der Waals surface area contributed by atoms with Crippen molar-refractivity contribution in [2.45, 2.75) is 72.6 Å². The van der Waals surface area contributed by atoms with Gasteiger partial charge in [-0.3, -0.25) is 14.4 Å². The van der Waals surface area contributed by atoms with Crippen molar-refractivity contribution in [2.75, 3.05) is 7.05 Å². The number of rotatable bonds is 3. The van der Waals surface area contributed by atoms with Crippen LogP contribution in [0.3, 0.4) is 0 Å². The summed E-state index contributed by atoms with van der Waals surface area (Å²) in [6.45, 7) is 9.71. The minimum atomic E-state index is -0.643. The third-order valence-electron chi connectivity index (χ3n) is 6.48. The smallest absolute Gasteiger partial charge is 0.222 e. The number of benzene rings is 1. The fourth-order valence-electron chi connectivity index (χ4n) is 5.19. The minimum absolute atomic E-state index is 0.0228. The molecular formula is C26H35NO3. The molecule has 0 saturated heterocycles. The number of ketones is 2. The molecule has 0 heterocycles. The molecular weight excluding hydrogens is 374 g/mol. The number of amides is 1. The van der Waals surface area contributed by atoms with Crippen molar-refractivity contribution in [3.63, 3.8) is 0 Å². The van der Waals surface area contributed by atoms with Gasteiger partial charge in [-0.2, -0.15) is 0 Å². The average Bonchev–Trinajstić information content (AvgIpc) is 3.21. The normalized spacial score (nSPS) is 25.7. The molecule has 1 amide bonds. The molecule has 4 heteroatoms. The Balaban J connectivity index is 0.00000155. The van der Waals surface area contributed by atoms with E-state index in [1.165, 1.54) is 0 Å². The number of aryl methyl sites for hydroxylation is 2. The van der Waals surface area contributed by atoms with Gasteiger partial charge in [-0.25, -0.2) is 0 Å². The van der Waals surface area contributed by atoms with Crippen molar-refractivity contribution in [1.29, 1.82) is 0 Å². The first-order valence-corrected chi connectivity index (χ1v) is 11.2. The molecule has 0 radical (unpaired) electrons. The van der Waals surface area contributed by atoms with Crippen LogP contribution in [0.15, 0.2) is 12.1 Å². The summed E-state index contributed by atoms with van der Waals surface area (Å²) in [5.41, 5.74) is 3.71. The van der Waals surface area contributed by atoms with Gasteiger partial charge in [-0.15, -0.1) is 5.92 Å². The second-order valence-electron chi connectivity index (χ2n) is 8.32. The van der Waals surface area contributed by atoms with Crippen LogP contribution in [0.4, 0.5) is 0 Å². The van der Waals surface area contributed by atoms with E-state index in [1.807, 2.05) is 39.8 Å². The molecule has 30 heavy (non-hydrogen) atoms. The average molecular weight is 410 g/mol. The second-order valence-corrected chi connectivity index (χ2v) is 8.32. The molecule has 0 bridgehead atoms. The summed E-state index contributed by atoms with van der Waals surface area (Å²) in [4.78, 5) is 38.0. The number of carbonyl (C=O) groups excluding carboxylic acids is 3. The molecule has 1 aromatic carbocycles. The highest BCUT2D eigenvalue weighted by atomic mass is 16.2. The van der Waals surface area contributed by atoms with Crippen molar-refractivity contribution in [3.8, 4) is 11.8 Å². The molecule has 2 atom stereocenters. The molecule has 2 unspecified atom stereocenters. The van der Waals surface area contributed by atoms with Crippen LogP contribution < -0.4 is 5.32 Å². The van der Waals surface area contributed by atoms with E-state index < -0.39 is 5.92 Å². The molecule has 2 fully saturated rings. The summed E-state index contributed by atoms with van der Waals surface area (Å²) in [6.07, 6.45) is 3.45. The molecule has 2 aliphatic rings. The van der Waals surface area contributed by atoms with Crippen molar-refractivity contribution in [1.82, 2.24) is 5.32 Å². The van der Waals surface area contributed by atoms with Gasteiger partial charge in [0.15, 0.2) is 0 Å². The Labute approximate surface area is 181 Å². The Morgan fingerprint density at radius 3 is 2.07 bits per heavy atom. The summed E-state index contributed by atoms with van der Waals surface area (Å²) < 4.78 is 0. The van der Waals surface area contributed by atoms with Crippen LogP contribution in [-0.4, -0.2) is 24.5 Å². The van der Waals surface area contributed by atoms with Gasteiger partial charge in [0.1, 0.15) is 17.5 Å². The van der Waals surface area contributed by atoms with Crippen LogP contribution in [0.1, 0.15) is 81.0 Å². The number of hydrogen-bond acceptors (Lipinski definition) is 3. The first-order chi connectivity index (χ1) is 14.3. The predicted octanol–water partition coefficient (Wildman–Crippen LogP) is 4.50. The zero-order chi connectivity index (χ0) is 22.4. The number of Topliss-reactive ketones (excluding diaryl/α,β-unsaturated/α-hetero) is 2. The Morgan fingerprint density at radius 2 is 1.57 bits per heavy atom. The van der Waals surface area contributed by atoms with E-state index in [9.17, 15) is 14.4 Å². The van der Waals surface area contributed by atoms with E-state index in [0.717, 1.165) is 41.5 Å². The van der Waals surface area contributed by atoms with Gasteiger partial charge >= 0.3 is 0 Å². The molecule has 1 N–H and O–H groups in total. The Kier molecular flexibility index (Phi) is 8.41. The molecule has 2 saturated carbocycles. The van der Waals surface area contributed by atoms with Crippen LogP contribution in [0.25, 0.3) is 0 Å². The van der Waals surface area contributed by atoms with E-state index in [2.05, 4.69) is 17.2 Å². The predicted molar refractivity (Wildman–Crippen MR) is 120 cm³/mol. The molecule has 0 aliphatic heterocycles. The lowest BCUT2D eigenvalue weighted by molar-refractivity contribution is -0.134. The van der Waals surface area contributed by atoms with Gasteiger partial charge < -0.3 is 5.32 Å². The zero-order valence-corrected chi connectivity index (χ0v) is 19.2. The maximum atomic E-state index is 13.0. The lowest BCUT2D eigenvalue weighted by atomic mass is 9.70. The number of hydrogen-bond donors (Lipinski definition) is 1. The quantitative estimate of drug-likeness (QED) is 0.591. The lowest BCUT2D eigenvalue weighted by Gasteiger charge is -2.31. The van der Waals surface area contributed by atoms with Crippen LogP contribution in [0.2, 0.25) is 0 Å². The molecule has 3 rings (SSSR count). The number of nitrogens with one attached hydrogen (secondary N) is 1. The van der Waals surface area contributed by atoms with E-state index in [-0.39, 0.29) is 29.3 Å². The standard InChI is InChI=1S/C24H29NO3.C2H6/c1-5-6-16-9-14(2)22(15(3)10-16)23-20(26)12-19(13-21(23)27)17-7-8-18(11-17)24(28)25-4;1-2/h9-10,17-19,23H,7-8,11-13H2,1-4H3,(H,25,28);1-2H3. The molecule has 1 aromatic rings. The van der Waals surface area contributed by atoms with Crippen molar-refractivity contribution in [3.05, 3.63) is 34.4 Å². The van der Waals surface area contributed by atoms with Gasteiger partial charge in [0.05, 0.1) is 0 Å². The second kappa shape index (κ2) is 10.6. The molecule has 0 spiro atoms. The number of carbonyl (C=O) groups is 3. The van der Waals surface area contributed by atoms with Crippen LogP contribution >= 0.6 is 0 Å². The summed E-state index contributed by atoms with van der Waals surface area (Å²) in [7, 11) is 1.66. The fraction of sp³-hybridized carbons (Fsp3) is 0.577. The van der Waals surface area contributed by atoms with Gasteiger partial charge in [0.25, 0.3) is 0 Å². The van der Waals surface area contributed by atoms with Crippen LogP contribution in [0.5, 0.6) is 0 Å². The first kappa shape index (κ1) is 23.9. The van der Waals surface area contributed by atoms with Crippen molar-refractivity contribution >= 4 is 17.5 Å². The molecule has 0 aromatic heterocycles. The van der Waals surface area contributed by atoms with E-state index in [4.69, 9.17) is 0 Å². The maximum absolute atomic E-state index is 13.0. The van der Waals surface area contributed by atoms with Crippen LogP contribution in [0, 0.1) is 43.4 Å². The summed E-state index contributed by atoms with van der Waals surface area (Å²) in [6, 6.07) is 3.94. The third kappa shape index (κ3) is 5.01. The summed E-state index contributed by atoms with van der Waals surface area (Å²) >= 11 is 0. The van der Waals surface area contributed by atoms with Crippen molar-refractivity contribution in [2.24, 2.45) is 17.8 Å². The summed E-state index contributed by atoms with van der Waals surface area (Å²) in [5.74, 6) is 5.84. The highest BCUT2D eigenvalue weighted by Gasteiger charge is 2.43. The Morgan fingerprint density at radius 1 is 1.00 bits per heavy atom. The third-order valence-corrected chi connectivity index (χ3v) is 6.48. The largest absolute Gasteiger partial charge is 0.359 e. The Hall–Kier alpha value is -2.41. The Bertz CT molecular complexity index is 833. The van der Waals surface area contributed by atoms with Gasteiger partial charge in [0.2, 0.25) is 5.91 Å². The minimum Gasteiger partial charge on any atom is -0.359 e. The monoisotopic (exact) mass is 409 g/mol. The van der Waals surface area contributed by atoms with Crippen LogP contribution in [-0.2, 0) is 14.4 Å². The highest BCUT2D eigenvalue weighted by Crippen LogP contribution is 2.43. The molecule has 2 aliphatic carbocycles. The van der Waals surface area contributed by atoms with E-state index in [1.54, 1.807) is 14.0 Å². The molecule has 162 valence electrons. The maximum Gasteiger partial charge on any atom is 0.222 e. The fourth-order valence-corrected chi connectivity index (χ4v) is 5.19. The zero-order valence-electron chi connectivity index (χ0n) is 19.2. The van der Waals surface area contributed by atoms with Gasteiger partial charge in [-0.1, -0.05) is 19.8 Å².